The summed E-state index contributed by atoms with van der Waals surface area (Å²) >= 11 is 5.62. The van der Waals surface area contributed by atoms with Gasteiger partial charge in [-0.05, 0) is 23.8 Å². The standard InChI is InChI=1S/C8H6ClFO2S/c9-8-3-1-2-7(6-8)4-5-13(10,11)12/h1-6H. The molecular formula is C8H6ClFO2S. The summed E-state index contributed by atoms with van der Waals surface area (Å²) in [6, 6.07) is 6.44. The van der Waals surface area contributed by atoms with Crippen molar-refractivity contribution in [2.45, 2.75) is 0 Å². The maximum absolute atomic E-state index is 12.0. The second-order valence-corrected chi connectivity index (χ2v) is 3.99. The summed E-state index contributed by atoms with van der Waals surface area (Å²) in [5.74, 6) is 0. The lowest BCUT2D eigenvalue weighted by Crippen LogP contribution is -1.81. The van der Waals surface area contributed by atoms with Crippen molar-refractivity contribution in [3.05, 3.63) is 40.3 Å². The molecule has 0 aliphatic carbocycles. The fraction of sp³-hybridized carbons (Fsp3) is 0. The van der Waals surface area contributed by atoms with E-state index in [0.717, 1.165) is 6.08 Å². The molecule has 0 aliphatic heterocycles. The molecule has 0 fully saturated rings. The average molecular weight is 221 g/mol. The van der Waals surface area contributed by atoms with Gasteiger partial charge < -0.3 is 0 Å². The Hall–Kier alpha value is -0.870. The molecule has 2 nitrogen and oxygen atoms in total. The molecule has 5 heteroatoms. The van der Waals surface area contributed by atoms with Crippen molar-refractivity contribution in [2.75, 3.05) is 0 Å². The monoisotopic (exact) mass is 220 g/mol. The molecular weight excluding hydrogens is 215 g/mol. The summed E-state index contributed by atoms with van der Waals surface area (Å²) in [6.07, 6.45) is 1.14. The molecule has 0 amide bonds. The molecule has 70 valence electrons. The van der Waals surface area contributed by atoms with Crippen molar-refractivity contribution in [1.82, 2.24) is 0 Å². The molecule has 0 aliphatic rings. The van der Waals surface area contributed by atoms with Crippen LogP contribution in [-0.2, 0) is 10.2 Å². The number of halogens is 2. The molecule has 0 bridgehead atoms. The normalized spacial score (nSPS) is 12.2. The fourth-order valence-electron chi connectivity index (χ4n) is 0.770. The van der Waals surface area contributed by atoms with E-state index in [1.54, 1.807) is 18.2 Å². The van der Waals surface area contributed by atoms with Crippen molar-refractivity contribution >= 4 is 27.9 Å². The fourth-order valence-corrected chi connectivity index (χ4v) is 1.29. The zero-order valence-electron chi connectivity index (χ0n) is 6.44. The van der Waals surface area contributed by atoms with Gasteiger partial charge in [0.2, 0.25) is 0 Å². The van der Waals surface area contributed by atoms with Crippen molar-refractivity contribution in [1.29, 1.82) is 0 Å². The third-order valence-corrected chi connectivity index (χ3v) is 1.97. The van der Waals surface area contributed by atoms with E-state index >= 15 is 0 Å². The van der Waals surface area contributed by atoms with E-state index in [0.29, 0.717) is 16.0 Å². The van der Waals surface area contributed by atoms with Crippen LogP contribution in [0.4, 0.5) is 3.89 Å². The third-order valence-electron chi connectivity index (χ3n) is 1.27. The van der Waals surface area contributed by atoms with Gasteiger partial charge in [-0.15, -0.1) is 3.89 Å². The third kappa shape index (κ3) is 4.05. The number of hydrogen-bond donors (Lipinski definition) is 0. The Labute approximate surface area is 80.9 Å². The largest absolute Gasteiger partial charge is 0.325 e. The van der Waals surface area contributed by atoms with E-state index in [1.165, 1.54) is 6.07 Å². The molecule has 0 radical (unpaired) electrons. The number of hydrogen-bond acceptors (Lipinski definition) is 2. The molecule has 0 aromatic heterocycles. The van der Waals surface area contributed by atoms with E-state index in [1.807, 2.05) is 0 Å². The lowest BCUT2D eigenvalue weighted by molar-refractivity contribution is 0.563. The lowest BCUT2D eigenvalue weighted by Gasteiger charge is -1.92. The van der Waals surface area contributed by atoms with Gasteiger partial charge in [-0.3, -0.25) is 0 Å². The quantitative estimate of drug-likeness (QED) is 0.718. The minimum absolute atomic E-state index is 0.471. The van der Waals surface area contributed by atoms with Crippen LogP contribution in [0.2, 0.25) is 5.02 Å². The second kappa shape index (κ2) is 3.89. The predicted molar refractivity (Wildman–Crippen MR) is 50.5 cm³/mol. The van der Waals surface area contributed by atoms with Crippen molar-refractivity contribution in [3.8, 4) is 0 Å². The molecule has 1 aromatic carbocycles. The van der Waals surface area contributed by atoms with Crippen molar-refractivity contribution in [2.24, 2.45) is 0 Å². The molecule has 0 N–H and O–H groups in total. The molecule has 1 aromatic rings. The maximum Gasteiger partial charge on any atom is 0.325 e. The Morgan fingerprint density at radius 3 is 2.62 bits per heavy atom. The van der Waals surface area contributed by atoms with Crippen LogP contribution in [0.5, 0.6) is 0 Å². The first-order valence-corrected chi connectivity index (χ1v) is 5.18. The molecule has 0 saturated carbocycles. The van der Waals surface area contributed by atoms with Crippen LogP contribution in [0.1, 0.15) is 5.56 Å². The highest BCUT2D eigenvalue weighted by atomic mass is 35.5. The molecule has 13 heavy (non-hydrogen) atoms. The summed E-state index contributed by atoms with van der Waals surface area (Å²) in [6.45, 7) is 0. The van der Waals surface area contributed by atoms with E-state index in [9.17, 15) is 12.3 Å². The highest BCUT2D eigenvalue weighted by Crippen LogP contribution is 2.12. The summed E-state index contributed by atoms with van der Waals surface area (Å²) in [4.78, 5) is 0. The topological polar surface area (TPSA) is 34.1 Å². The highest BCUT2D eigenvalue weighted by Gasteiger charge is 1.98. The van der Waals surface area contributed by atoms with E-state index < -0.39 is 10.2 Å². The molecule has 0 heterocycles. The van der Waals surface area contributed by atoms with Gasteiger partial charge in [0.05, 0.1) is 5.41 Å². The summed E-state index contributed by atoms with van der Waals surface area (Å²) in [5.41, 5.74) is 0.536. The summed E-state index contributed by atoms with van der Waals surface area (Å²) in [7, 11) is -4.56. The first-order chi connectivity index (χ1) is 5.97. The zero-order chi connectivity index (χ0) is 9.90. The molecule has 1 rings (SSSR count). The molecule has 0 saturated heterocycles. The highest BCUT2D eigenvalue weighted by molar-refractivity contribution is 7.89. The van der Waals surface area contributed by atoms with Gasteiger partial charge in [-0.25, -0.2) is 0 Å². The van der Waals surface area contributed by atoms with Gasteiger partial charge in [0.15, 0.2) is 0 Å². The smallest absolute Gasteiger partial charge is 0.190 e. The maximum atomic E-state index is 12.0. The van der Waals surface area contributed by atoms with E-state index in [2.05, 4.69) is 0 Å². The van der Waals surface area contributed by atoms with Gasteiger partial charge in [-0.1, -0.05) is 23.7 Å². The van der Waals surface area contributed by atoms with E-state index in [-0.39, 0.29) is 0 Å². The number of rotatable bonds is 2. The Morgan fingerprint density at radius 2 is 2.08 bits per heavy atom. The van der Waals surface area contributed by atoms with Gasteiger partial charge >= 0.3 is 10.2 Å². The Kier molecular flexibility index (Phi) is 3.06. The van der Waals surface area contributed by atoms with Crippen molar-refractivity contribution in [3.63, 3.8) is 0 Å². The number of benzene rings is 1. The van der Waals surface area contributed by atoms with Crippen LogP contribution >= 0.6 is 11.6 Å². The minimum Gasteiger partial charge on any atom is -0.190 e. The van der Waals surface area contributed by atoms with Crippen LogP contribution in [0.15, 0.2) is 29.7 Å². The Morgan fingerprint density at radius 1 is 1.38 bits per heavy atom. The average Bonchev–Trinajstić information content (AvgIpc) is 2.00. The molecule has 0 unspecified atom stereocenters. The Balaban J connectivity index is 2.93. The van der Waals surface area contributed by atoms with Crippen molar-refractivity contribution < 1.29 is 12.3 Å². The lowest BCUT2D eigenvalue weighted by atomic mass is 10.2. The van der Waals surface area contributed by atoms with Gasteiger partial charge in [0.1, 0.15) is 0 Å². The first kappa shape index (κ1) is 10.2. The first-order valence-electron chi connectivity index (χ1n) is 3.36. The SMILES string of the molecule is O=S(=O)(F)C=Cc1cccc(Cl)c1. The van der Waals surface area contributed by atoms with Gasteiger partial charge in [0, 0.05) is 5.02 Å². The van der Waals surface area contributed by atoms with Crippen LogP contribution in [0.3, 0.4) is 0 Å². The zero-order valence-corrected chi connectivity index (χ0v) is 8.02. The van der Waals surface area contributed by atoms with Gasteiger partial charge in [-0.2, -0.15) is 8.42 Å². The minimum atomic E-state index is -4.56. The van der Waals surface area contributed by atoms with Crippen LogP contribution in [-0.4, -0.2) is 8.42 Å². The Bertz CT molecular complexity index is 426. The molecule has 0 spiro atoms. The van der Waals surface area contributed by atoms with Crippen LogP contribution in [0.25, 0.3) is 6.08 Å². The van der Waals surface area contributed by atoms with Gasteiger partial charge in [0.25, 0.3) is 0 Å². The van der Waals surface area contributed by atoms with E-state index in [4.69, 9.17) is 11.6 Å². The van der Waals surface area contributed by atoms with Crippen LogP contribution < -0.4 is 0 Å². The molecule has 0 atom stereocenters. The summed E-state index contributed by atoms with van der Waals surface area (Å²) < 4.78 is 32.2. The second-order valence-electron chi connectivity index (χ2n) is 2.33. The van der Waals surface area contributed by atoms with Crippen LogP contribution in [0, 0.1) is 0 Å². The predicted octanol–water partition coefficient (Wildman–Crippen LogP) is 2.61. The summed E-state index contributed by atoms with van der Waals surface area (Å²) in [5, 5.41) is 0.956.